The van der Waals surface area contributed by atoms with Crippen molar-refractivity contribution in [2.45, 2.75) is 52.0 Å². The lowest BCUT2D eigenvalue weighted by Crippen LogP contribution is -2.23. The highest BCUT2D eigenvalue weighted by molar-refractivity contribution is 5.57. The molecule has 0 aliphatic heterocycles. The van der Waals surface area contributed by atoms with Gasteiger partial charge in [-0.15, -0.1) is 0 Å². The molecule has 1 fully saturated rings. The summed E-state index contributed by atoms with van der Waals surface area (Å²) >= 11 is 0. The van der Waals surface area contributed by atoms with Crippen LogP contribution < -0.4 is 5.32 Å². The molecule has 1 aliphatic rings. The maximum atomic E-state index is 3.72. The molecule has 0 radical (unpaired) electrons. The van der Waals surface area contributed by atoms with Crippen LogP contribution in [0.15, 0.2) is 18.2 Å². The largest absolute Gasteiger partial charge is 0.382 e. The number of hydrogen-bond donors (Lipinski definition) is 1. The minimum Gasteiger partial charge on any atom is -0.382 e. The summed E-state index contributed by atoms with van der Waals surface area (Å²) < 4.78 is 0. The van der Waals surface area contributed by atoms with E-state index in [4.69, 9.17) is 0 Å². The number of aryl methyl sites for hydroxylation is 2. The molecule has 2 rings (SSSR count). The van der Waals surface area contributed by atoms with Crippen LogP contribution in [0, 0.1) is 13.8 Å². The second-order valence-electron chi connectivity index (χ2n) is 4.75. The van der Waals surface area contributed by atoms with Gasteiger partial charge < -0.3 is 5.32 Å². The van der Waals surface area contributed by atoms with Gasteiger partial charge >= 0.3 is 0 Å². The first-order valence-corrected chi connectivity index (χ1v) is 6.10. The molecule has 82 valence electrons. The third kappa shape index (κ3) is 2.53. The molecular formula is C14H21N. The maximum Gasteiger partial charge on any atom is 0.0401 e. The fourth-order valence-electron chi connectivity index (χ4n) is 2.49. The fourth-order valence-corrected chi connectivity index (χ4v) is 2.49. The SMILES string of the molecule is Cc1cccc(C)c1NC1CCCCC1. The molecule has 1 aliphatic carbocycles. The van der Waals surface area contributed by atoms with E-state index >= 15 is 0 Å². The molecule has 1 aromatic rings. The molecule has 0 heterocycles. The Morgan fingerprint density at radius 2 is 1.60 bits per heavy atom. The van der Waals surface area contributed by atoms with Crippen molar-refractivity contribution >= 4 is 5.69 Å². The number of rotatable bonds is 2. The summed E-state index contributed by atoms with van der Waals surface area (Å²) in [6, 6.07) is 7.23. The summed E-state index contributed by atoms with van der Waals surface area (Å²) in [5.41, 5.74) is 4.12. The van der Waals surface area contributed by atoms with E-state index in [2.05, 4.69) is 37.4 Å². The van der Waals surface area contributed by atoms with E-state index in [0.717, 1.165) is 0 Å². The van der Waals surface area contributed by atoms with Gasteiger partial charge in [0, 0.05) is 11.7 Å². The van der Waals surface area contributed by atoms with Gasteiger partial charge in [0.1, 0.15) is 0 Å². The highest BCUT2D eigenvalue weighted by Crippen LogP contribution is 2.25. The van der Waals surface area contributed by atoms with Crippen LogP contribution in [0.1, 0.15) is 43.2 Å². The number of para-hydroxylation sites is 1. The number of nitrogens with one attached hydrogen (secondary N) is 1. The summed E-state index contributed by atoms with van der Waals surface area (Å²) in [6.07, 6.45) is 6.89. The van der Waals surface area contributed by atoms with Gasteiger partial charge in [-0.05, 0) is 37.8 Å². The topological polar surface area (TPSA) is 12.0 Å². The first kappa shape index (κ1) is 10.5. The Kier molecular flexibility index (Phi) is 3.30. The quantitative estimate of drug-likeness (QED) is 0.764. The van der Waals surface area contributed by atoms with Crippen LogP contribution in [0.5, 0.6) is 0 Å². The first-order chi connectivity index (χ1) is 7.27. The van der Waals surface area contributed by atoms with Gasteiger partial charge in [0.25, 0.3) is 0 Å². The summed E-state index contributed by atoms with van der Waals surface area (Å²) in [5.74, 6) is 0. The van der Waals surface area contributed by atoms with Gasteiger partial charge in [-0.25, -0.2) is 0 Å². The second kappa shape index (κ2) is 4.69. The Balaban J connectivity index is 2.09. The van der Waals surface area contributed by atoms with E-state index in [9.17, 15) is 0 Å². The van der Waals surface area contributed by atoms with E-state index in [0.29, 0.717) is 6.04 Å². The van der Waals surface area contributed by atoms with Crippen LogP contribution in [0.4, 0.5) is 5.69 Å². The molecule has 0 aromatic heterocycles. The van der Waals surface area contributed by atoms with E-state index in [-0.39, 0.29) is 0 Å². The van der Waals surface area contributed by atoms with Crippen molar-refractivity contribution in [2.24, 2.45) is 0 Å². The smallest absolute Gasteiger partial charge is 0.0401 e. The molecule has 0 unspecified atom stereocenters. The first-order valence-electron chi connectivity index (χ1n) is 6.10. The van der Waals surface area contributed by atoms with Gasteiger partial charge in [-0.3, -0.25) is 0 Å². The zero-order valence-electron chi connectivity index (χ0n) is 9.84. The lowest BCUT2D eigenvalue weighted by Gasteiger charge is -2.25. The van der Waals surface area contributed by atoms with Crippen LogP contribution in [-0.4, -0.2) is 6.04 Å². The van der Waals surface area contributed by atoms with Gasteiger partial charge in [-0.1, -0.05) is 37.5 Å². The van der Waals surface area contributed by atoms with Crippen molar-refractivity contribution in [1.82, 2.24) is 0 Å². The van der Waals surface area contributed by atoms with E-state index < -0.39 is 0 Å². The summed E-state index contributed by atoms with van der Waals surface area (Å²) in [7, 11) is 0. The molecule has 0 amide bonds. The zero-order chi connectivity index (χ0) is 10.7. The standard InChI is InChI=1S/C14H21N/c1-11-7-6-8-12(2)14(11)15-13-9-4-3-5-10-13/h6-8,13,15H,3-5,9-10H2,1-2H3. The molecule has 1 nitrogen and oxygen atoms in total. The van der Waals surface area contributed by atoms with Gasteiger partial charge in [0.05, 0.1) is 0 Å². The van der Waals surface area contributed by atoms with Crippen molar-refractivity contribution in [1.29, 1.82) is 0 Å². The summed E-state index contributed by atoms with van der Waals surface area (Å²) in [5, 5.41) is 3.72. The van der Waals surface area contributed by atoms with Crippen LogP contribution in [0.2, 0.25) is 0 Å². The third-order valence-corrected chi connectivity index (χ3v) is 3.43. The predicted molar refractivity (Wildman–Crippen MR) is 66.4 cm³/mol. The van der Waals surface area contributed by atoms with Gasteiger partial charge in [0.15, 0.2) is 0 Å². The predicted octanol–water partition coefficient (Wildman–Crippen LogP) is 4.05. The summed E-state index contributed by atoms with van der Waals surface area (Å²) in [4.78, 5) is 0. The Labute approximate surface area is 92.9 Å². The molecule has 0 saturated heterocycles. The lowest BCUT2D eigenvalue weighted by molar-refractivity contribution is 0.462. The average molecular weight is 203 g/mol. The van der Waals surface area contributed by atoms with Crippen molar-refractivity contribution in [2.75, 3.05) is 5.32 Å². The van der Waals surface area contributed by atoms with Crippen molar-refractivity contribution < 1.29 is 0 Å². The molecular weight excluding hydrogens is 182 g/mol. The number of benzene rings is 1. The minimum atomic E-state index is 0.707. The molecule has 1 aromatic carbocycles. The lowest BCUT2D eigenvalue weighted by atomic mass is 9.94. The highest BCUT2D eigenvalue weighted by Gasteiger charge is 2.14. The van der Waals surface area contributed by atoms with Crippen LogP contribution in [0.3, 0.4) is 0 Å². The summed E-state index contributed by atoms with van der Waals surface area (Å²) in [6.45, 7) is 4.39. The second-order valence-corrected chi connectivity index (χ2v) is 4.75. The van der Waals surface area contributed by atoms with E-state index in [1.54, 1.807) is 0 Å². The Bertz CT molecular complexity index is 304. The average Bonchev–Trinajstić information content (AvgIpc) is 2.25. The third-order valence-electron chi connectivity index (χ3n) is 3.43. The van der Waals surface area contributed by atoms with Gasteiger partial charge in [-0.2, -0.15) is 0 Å². The molecule has 1 N–H and O–H groups in total. The van der Waals surface area contributed by atoms with Crippen LogP contribution in [0.25, 0.3) is 0 Å². The maximum absolute atomic E-state index is 3.72. The van der Waals surface area contributed by atoms with Crippen molar-refractivity contribution in [3.63, 3.8) is 0 Å². The normalized spacial score (nSPS) is 17.7. The molecule has 0 atom stereocenters. The van der Waals surface area contributed by atoms with Crippen LogP contribution >= 0.6 is 0 Å². The van der Waals surface area contributed by atoms with E-state index in [1.807, 2.05) is 0 Å². The number of anilines is 1. The Morgan fingerprint density at radius 1 is 1.00 bits per heavy atom. The van der Waals surface area contributed by atoms with Crippen molar-refractivity contribution in [3.8, 4) is 0 Å². The molecule has 1 saturated carbocycles. The minimum absolute atomic E-state index is 0.707. The molecule has 0 spiro atoms. The van der Waals surface area contributed by atoms with Crippen LogP contribution in [-0.2, 0) is 0 Å². The number of hydrogen-bond acceptors (Lipinski definition) is 1. The molecule has 15 heavy (non-hydrogen) atoms. The zero-order valence-corrected chi connectivity index (χ0v) is 9.84. The fraction of sp³-hybridized carbons (Fsp3) is 0.571. The molecule has 0 bridgehead atoms. The van der Waals surface area contributed by atoms with Gasteiger partial charge in [0.2, 0.25) is 0 Å². The monoisotopic (exact) mass is 203 g/mol. The molecule has 1 heteroatoms. The van der Waals surface area contributed by atoms with E-state index in [1.165, 1.54) is 48.9 Å². The Hall–Kier alpha value is -0.980. The van der Waals surface area contributed by atoms with Crippen molar-refractivity contribution in [3.05, 3.63) is 29.3 Å². The Morgan fingerprint density at radius 3 is 2.20 bits per heavy atom. The highest BCUT2D eigenvalue weighted by atomic mass is 14.9.